The van der Waals surface area contributed by atoms with Crippen molar-refractivity contribution in [3.63, 3.8) is 0 Å². The van der Waals surface area contributed by atoms with E-state index in [1.807, 2.05) is 34.6 Å². The Hall–Kier alpha value is -1.86. The molecule has 0 aliphatic carbocycles. The molecule has 1 N–H and O–H groups in total. The smallest absolute Gasteiger partial charge is 0.243 e. The number of rotatable bonds is 9. The van der Waals surface area contributed by atoms with E-state index in [0.29, 0.717) is 38.1 Å². The number of benzene rings is 1. The second-order valence-corrected chi connectivity index (χ2v) is 10.8. The van der Waals surface area contributed by atoms with Gasteiger partial charge in [0.1, 0.15) is 5.58 Å². The number of furan rings is 1. The maximum absolute atomic E-state index is 13.2. The molecule has 0 saturated carbocycles. The predicted octanol–water partition coefficient (Wildman–Crippen LogP) is 4.02. The van der Waals surface area contributed by atoms with Crippen LogP contribution in [0.5, 0.6) is 0 Å². The van der Waals surface area contributed by atoms with Gasteiger partial charge in [0.05, 0.1) is 11.2 Å². The Bertz CT molecular complexity index is 895. The lowest BCUT2D eigenvalue weighted by molar-refractivity contribution is -0.122. The second-order valence-electron chi connectivity index (χ2n) is 8.82. The summed E-state index contributed by atoms with van der Waals surface area (Å²) in [6.07, 6.45) is 2.56. The van der Waals surface area contributed by atoms with Crippen molar-refractivity contribution < 1.29 is 17.6 Å². The van der Waals surface area contributed by atoms with Crippen molar-refractivity contribution in [2.75, 3.05) is 19.6 Å². The topological polar surface area (TPSA) is 79.6 Å². The van der Waals surface area contributed by atoms with Crippen LogP contribution in [0.3, 0.4) is 0 Å². The van der Waals surface area contributed by atoms with E-state index in [0.717, 1.165) is 5.39 Å². The van der Waals surface area contributed by atoms with Crippen LogP contribution in [0.15, 0.2) is 39.8 Å². The summed E-state index contributed by atoms with van der Waals surface area (Å²) < 4.78 is 33.1. The van der Waals surface area contributed by atoms with Crippen LogP contribution in [0.2, 0.25) is 0 Å². The average molecular weight is 409 g/mol. The number of hydrogen-bond donors (Lipinski definition) is 1. The molecule has 1 aromatic carbocycles. The molecule has 0 bridgehead atoms. The monoisotopic (exact) mass is 408 g/mol. The highest BCUT2D eigenvalue weighted by Crippen LogP contribution is 2.23. The molecule has 0 atom stereocenters. The molecule has 7 heteroatoms. The maximum atomic E-state index is 13.2. The average Bonchev–Trinajstić information content (AvgIpc) is 3.03. The molecular formula is C21H32N2O4S. The van der Waals surface area contributed by atoms with Gasteiger partial charge in [0, 0.05) is 31.4 Å². The highest BCUT2D eigenvalue weighted by molar-refractivity contribution is 7.89. The Morgan fingerprint density at radius 3 is 2.57 bits per heavy atom. The number of nitrogens with zero attached hydrogens (tertiary/aromatic N) is 1. The second kappa shape index (κ2) is 9.09. The zero-order chi connectivity index (χ0) is 20.9. The van der Waals surface area contributed by atoms with Crippen molar-refractivity contribution in [2.45, 2.75) is 52.4 Å². The molecule has 0 radical (unpaired) electrons. The molecule has 156 valence electrons. The lowest BCUT2D eigenvalue weighted by Crippen LogP contribution is -2.37. The number of sulfonamides is 1. The molecule has 0 fully saturated rings. The minimum absolute atomic E-state index is 0.00354. The number of carbonyl (C=O) groups excluding carboxylic acids is 1. The molecule has 2 aromatic rings. The molecule has 28 heavy (non-hydrogen) atoms. The van der Waals surface area contributed by atoms with Gasteiger partial charge in [0.15, 0.2) is 0 Å². The number of nitrogens with one attached hydrogen (secondary N) is 1. The van der Waals surface area contributed by atoms with Crippen LogP contribution in [0, 0.1) is 11.3 Å². The Morgan fingerprint density at radius 2 is 1.93 bits per heavy atom. The third-order valence-electron chi connectivity index (χ3n) is 4.23. The molecule has 1 amide bonds. The Morgan fingerprint density at radius 1 is 1.21 bits per heavy atom. The van der Waals surface area contributed by atoms with Crippen molar-refractivity contribution in [3.05, 3.63) is 30.5 Å². The minimum Gasteiger partial charge on any atom is -0.464 e. The van der Waals surface area contributed by atoms with E-state index < -0.39 is 10.0 Å². The molecule has 0 aliphatic rings. The number of fused-ring (bicyclic) bond motifs is 1. The van der Waals surface area contributed by atoms with Gasteiger partial charge in [0.25, 0.3) is 0 Å². The molecule has 0 saturated heterocycles. The summed E-state index contributed by atoms with van der Waals surface area (Å²) in [5, 5.41) is 3.65. The van der Waals surface area contributed by atoms with Crippen LogP contribution >= 0.6 is 0 Å². The van der Waals surface area contributed by atoms with Gasteiger partial charge in [-0.1, -0.05) is 34.6 Å². The van der Waals surface area contributed by atoms with Crippen molar-refractivity contribution in [2.24, 2.45) is 11.3 Å². The summed E-state index contributed by atoms with van der Waals surface area (Å²) in [4.78, 5) is 12.2. The van der Waals surface area contributed by atoms with Gasteiger partial charge in [0.2, 0.25) is 15.9 Å². The van der Waals surface area contributed by atoms with Gasteiger partial charge in [-0.25, -0.2) is 8.42 Å². The first-order chi connectivity index (χ1) is 13.0. The van der Waals surface area contributed by atoms with E-state index in [2.05, 4.69) is 5.32 Å². The van der Waals surface area contributed by atoms with E-state index in [-0.39, 0.29) is 22.1 Å². The molecule has 1 heterocycles. The summed E-state index contributed by atoms with van der Waals surface area (Å²) in [5.74, 6) is 0.194. The number of amides is 1. The number of carbonyl (C=O) groups is 1. The first-order valence-corrected chi connectivity index (χ1v) is 11.2. The van der Waals surface area contributed by atoms with Gasteiger partial charge < -0.3 is 9.73 Å². The van der Waals surface area contributed by atoms with E-state index in [4.69, 9.17) is 4.42 Å². The molecule has 0 aliphatic heterocycles. The van der Waals surface area contributed by atoms with E-state index in [9.17, 15) is 13.2 Å². The van der Waals surface area contributed by atoms with Crippen LogP contribution in [0.25, 0.3) is 11.0 Å². The fourth-order valence-corrected chi connectivity index (χ4v) is 4.68. The molecule has 2 rings (SSSR count). The highest BCUT2D eigenvalue weighted by Gasteiger charge is 2.25. The van der Waals surface area contributed by atoms with E-state index >= 15 is 0 Å². The largest absolute Gasteiger partial charge is 0.464 e. The molecule has 1 aromatic heterocycles. The van der Waals surface area contributed by atoms with E-state index in [1.54, 1.807) is 30.5 Å². The molecule has 0 unspecified atom stereocenters. The lowest BCUT2D eigenvalue weighted by Gasteiger charge is -2.24. The standard InChI is InChI=1S/C21H32N2O4S/c1-16(2)15-23(11-6-10-22-20(24)14-21(3,4)5)28(25,26)18-7-8-19-17(13-18)9-12-27-19/h7-9,12-13,16H,6,10-11,14-15H2,1-5H3,(H,22,24). The van der Waals surface area contributed by atoms with Crippen molar-refractivity contribution in [1.29, 1.82) is 0 Å². The Balaban J connectivity index is 2.04. The maximum Gasteiger partial charge on any atom is 0.243 e. The Kier molecular flexibility index (Phi) is 7.28. The lowest BCUT2D eigenvalue weighted by atomic mass is 9.92. The third-order valence-corrected chi connectivity index (χ3v) is 6.09. The van der Waals surface area contributed by atoms with Crippen molar-refractivity contribution >= 4 is 26.9 Å². The first kappa shape index (κ1) is 22.4. The van der Waals surface area contributed by atoms with Gasteiger partial charge >= 0.3 is 0 Å². The van der Waals surface area contributed by atoms with Crippen LogP contribution in [0.1, 0.15) is 47.5 Å². The van der Waals surface area contributed by atoms with Crippen molar-refractivity contribution in [3.8, 4) is 0 Å². The minimum atomic E-state index is -3.62. The van der Waals surface area contributed by atoms with Crippen LogP contribution in [-0.4, -0.2) is 38.3 Å². The molecular weight excluding hydrogens is 376 g/mol. The van der Waals surface area contributed by atoms with Gasteiger partial charge in [-0.15, -0.1) is 0 Å². The SMILES string of the molecule is CC(C)CN(CCCNC(=O)CC(C)(C)C)S(=O)(=O)c1ccc2occc2c1. The fourth-order valence-electron chi connectivity index (χ4n) is 3.00. The van der Waals surface area contributed by atoms with Crippen molar-refractivity contribution in [1.82, 2.24) is 9.62 Å². The van der Waals surface area contributed by atoms with Gasteiger partial charge in [-0.2, -0.15) is 4.31 Å². The fraction of sp³-hybridized carbons (Fsp3) is 0.571. The highest BCUT2D eigenvalue weighted by atomic mass is 32.2. The quantitative estimate of drug-likeness (QED) is 0.636. The zero-order valence-electron chi connectivity index (χ0n) is 17.5. The Labute approximate surface area is 168 Å². The summed E-state index contributed by atoms with van der Waals surface area (Å²) in [6.45, 7) is 11.3. The summed E-state index contributed by atoms with van der Waals surface area (Å²) >= 11 is 0. The van der Waals surface area contributed by atoms with Gasteiger partial charge in [-0.05, 0) is 42.0 Å². The zero-order valence-corrected chi connectivity index (χ0v) is 18.3. The summed E-state index contributed by atoms with van der Waals surface area (Å²) in [7, 11) is -3.62. The van der Waals surface area contributed by atoms with Gasteiger partial charge in [-0.3, -0.25) is 4.79 Å². The number of hydrogen-bond acceptors (Lipinski definition) is 4. The summed E-state index contributed by atoms with van der Waals surface area (Å²) in [6, 6.07) is 6.67. The van der Waals surface area contributed by atoms with Crippen LogP contribution < -0.4 is 5.32 Å². The van der Waals surface area contributed by atoms with Crippen LogP contribution in [-0.2, 0) is 14.8 Å². The normalized spacial score (nSPS) is 12.8. The molecule has 6 nitrogen and oxygen atoms in total. The predicted molar refractivity (Wildman–Crippen MR) is 112 cm³/mol. The third kappa shape index (κ3) is 6.34. The molecule has 0 spiro atoms. The van der Waals surface area contributed by atoms with E-state index in [1.165, 1.54) is 4.31 Å². The van der Waals surface area contributed by atoms with Crippen LogP contribution in [0.4, 0.5) is 0 Å². The first-order valence-electron chi connectivity index (χ1n) is 9.73. The summed E-state index contributed by atoms with van der Waals surface area (Å²) in [5.41, 5.74) is 0.596.